The van der Waals surface area contributed by atoms with E-state index in [0.29, 0.717) is 0 Å². The normalized spacial score (nSPS) is 25.7. The van der Waals surface area contributed by atoms with Gasteiger partial charge in [0.05, 0.1) is 5.48 Å². The number of aromatic nitrogens is 1. The van der Waals surface area contributed by atoms with Crippen LogP contribution in [0.1, 0.15) is 22.0 Å². The van der Waals surface area contributed by atoms with E-state index in [-0.39, 0.29) is 21.4 Å². The molecule has 1 heterocycles. The van der Waals surface area contributed by atoms with Crippen molar-refractivity contribution in [1.29, 1.82) is 0 Å². The summed E-state index contributed by atoms with van der Waals surface area (Å²) in [4.78, 5) is 2.12. The average Bonchev–Trinajstić information content (AvgIpc) is 2.75. The molecule has 0 saturated carbocycles. The van der Waals surface area contributed by atoms with Crippen LogP contribution in [-0.4, -0.2) is 35.4 Å². The molecular formula is C12H16N2O. The summed E-state index contributed by atoms with van der Waals surface area (Å²) < 4.78 is 91.2. The van der Waals surface area contributed by atoms with Crippen LogP contribution >= 0.6 is 0 Å². The molecule has 3 heteroatoms. The molecule has 0 radical (unpaired) electrons. The van der Waals surface area contributed by atoms with Crippen LogP contribution in [0.4, 0.5) is 0 Å². The summed E-state index contributed by atoms with van der Waals surface area (Å²) in [6.07, 6.45) is -1.41. The third kappa shape index (κ3) is 1.97. The lowest BCUT2D eigenvalue weighted by atomic mass is 10.1. The van der Waals surface area contributed by atoms with Crippen LogP contribution in [-0.2, 0) is 6.42 Å². The molecule has 80 valence electrons. The Labute approximate surface area is 106 Å². The fraction of sp³-hybridized carbons (Fsp3) is 0.333. The second kappa shape index (κ2) is 3.95. The summed E-state index contributed by atoms with van der Waals surface area (Å²) in [7, 11) is 0. The van der Waals surface area contributed by atoms with E-state index in [1.54, 1.807) is 0 Å². The quantitative estimate of drug-likeness (QED) is 0.823. The van der Waals surface area contributed by atoms with Gasteiger partial charge in [0, 0.05) is 34.5 Å². The molecule has 2 aromatic rings. The number of aryl methyl sites for hydroxylation is 1. The minimum absolute atomic E-state index is 0.196. The van der Waals surface area contributed by atoms with E-state index in [4.69, 9.17) is 16.4 Å². The van der Waals surface area contributed by atoms with Gasteiger partial charge in [0.1, 0.15) is 5.75 Å². The summed E-state index contributed by atoms with van der Waals surface area (Å²) in [5.41, 5.74) is -0.494. The molecule has 1 aromatic carbocycles. The summed E-state index contributed by atoms with van der Waals surface area (Å²) in [5.74, 6) is -0.777. The molecule has 0 bridgehead atoms. The number of rotatable bonds is 3. The monoisotopic (exact) mass is 216 g/mol. The van der Waals surface area contributed by atoms with Gasteiger partial charge < -0.3 is 15.0 Å². The largest absolute Gasteiger partial charge is 0.507 e. The van der Waals surface area contributed by atoms with Crippen molar-refractivity contribution >= 4 is 10.9 Å². The highest BCUT2D eigenvalue weighted by Gasteiger charge is 2.07. The molecular weight excluding hydrogens is 188 g/mol. The molecule has 0 amide bonds. The van der Waals surface area contributed by atoms with Crippen molar-refractivity contribution in [3.63, 3.8) is 0 Å². The number of hydrogen-bond donors (Lipinski definition) is 2. The number of H-pyrrole nitrogens is 1. The zero-order valence-electron chi connectivity index (χ0n) is 19.6. The Morgan fingerprint density at radius 1 is 1.60 bits per heavy atom. The van der Waals surface area contributed by atoms with Gasteiger partial charge in [-0.1, -0.05) is 6.04 Å². The first-order chi connectivity index (χ1) is 12.0. The lowest BCUT2D eigenvalue weighted by Crippen LogP contribution is -2.14. The van der Waals surface area contributed by atoms with Crippen LogP contribution in [0.5, 0.6) is 5.75 Å². The van der Waals surface area contributed by atoms with Gasteiger partial charge >= 0.3 is 0 Å². The van der Waals surface area contributed by atoms with E-state index in [1.165, 1.54) is 0 Å². The first-order valence-corrected chi connectivity index (χ1v) is 4.10. The van der Waals surface area contributed by atoms with Gasteiger partial charge in [-0.15, -0.1) is 0 Å². The number of hydrogen-bond acceptors (Lipinski definition) is 2. The van der Waals surface area contributed by atoms with Crippen molar-refractivity contribution in [2.45, 2.75) is 6.42 Å². The Kier molecular flexibility index (Phi) is 0.793. The highest BCUT2D eigenvalue weighted by Crippen LogP contribution is 2.27. The van der Waals surface area contributed by atoms with Crippen LogP contribution in [0, 0.1) is 0 Å². The van der Waals surface area contributed by atoms with Crippen LogP contribution in [0.25, 0.3) is 10.9 Å². The van der Waals surface area contributed by atoms with Crippen molar-refractivity contribution in [3.05, 3.63) is 29.9 Å². The first kappa shape index (κ1) is 3.01. The third-order valence-electron chi connectivity index (χ3n) is 1.91. The van der Waals surface area contributed by atoms with Gasteiger partial charge in [-0.2, -0.15) is 0 Å². The third-order valence-corrected chi connectivity index (χ3v) is 1.91. The minimum atomic E-state index is -3.32. The highest BCUT2D eigenvalue weighted by atomic mass is 16.3. The van der Waals surface area contributed by atoms with Gasteiger partial charge in [0.25, 0.3) is 0 Å². The second-order valence-electron chi connectivity index (χ2n) is 2.87. The number of fused-ring (bicyclic) bond motifs is 1. The smallest absolute Gasteiger partial charge is 0.125 e. The molecule has 0 spiro atoms. The van der Waals surface area contributed by atoms with Crippen molar-refractivity contribution in [1.82, 2.24) is 9.88 Å². The molecule has 2 N–H and O–H groups in total. The topological polar surface area (TPSA) is 39.3 Å². The lowest BCUT2D eigenvalue weighted by Gasteiger charge is -2.08. The van der Waals surface area contributed by atoms with Crippen LogP contribution in [0.3, 0.4) is 0 Å². The predicted molar refractivity (Wildman–Crippen MR) is 62.2 cm³/mol. The Bertz CT molecular complexity index is 868. The Balaban J connectivity index is 2.69. The summed E-state index contributed by atoms with van der Waals surface area (Å²) in [6.45, 7) is -9.63. The Morgan fingerprint density at radius 3 is 3.27 bits per heavy atom. The minimum Gasteiger partial charge on any atom is -0.507 e. The summed E-state index contributed by atoms with van der Waals surface area (Å²) in [5, 5.41) is 9.87. The van der Waals surface area contributed by atoms with Gasteiger partial charge in [-0.25, -0.2) is 0 Å². The first-order valence-electron chi connectivity index (χ1n) is 10.1. The zero-order valence-corrected chi connectivity index (χ0v) is 7.60. The van der Waals surface area contributed by atoms with Crippen LogP contribution in [0.2, 0.25) is 0 Å². The standard InChI is InChI=1S/C12H16N2O/c1-14(2)7-6-9-8-13-10-4-3-5-11(15)12(9)10/h3-5,8,13,15H,6-7H2,1-2H3/i1D3,2D3,3D,4D,5D,7D2,8D. The fourth-order valence-electron chi connectivity index (χ4n) is 1.28. The summed E-state index contributed by atoms with van der Waals surface area (Å²) in [6, 6.07) is -1.82. The maximum absolute atomic E-state index is 10.2. The molecule has 0 atom stereocenters. The number of phenols is 1. The maximum atomic E-state index is 10.2. The molecule has 2 rings (SSSR count). The zero-order chi connectivity index (χ0) is 21.1. The van der Waals surface area contributed by atoms with Gasteiger partial charge in [0.15, 0.2) is 0 Å². The maximum Gasteiger partial charge on any atom is 0.125 e. The molecule has 0 fully saturated rings. The number of nitrogens with zero attached hydrogens (tertiary/aromatic N) is 1. The SMILES string of the molecule is [2H]c1[nH]c2c([2H])c([2H])c([2H])c(O)c2c1CC([2H])([2H])N(C([2H])([2H])[2H])C([2H])([2H])[2H]. The lowest BCUT2D eigenvalue weighted by molar-refractivity contribution is 0.414. The molecule has 0 aliphatic rings. The number of phenolic OH excluding ortho intramolecular Hbond substituents is 1. The molecule has 0 saturated heterocycles. The molecule has 0 unspecified atom stereocenters. The predicted octanol–water partition coefficient (Wildman–Crippen LogP) is 1.98. The van der Waals surface area contributed by atoms with E-state index >= 15 is 0 Å². The number of likely N-dealkylation sites (N-methyl/N-ethyl adjacent to an activating group) is 1. The van der Waals surface area contributed by atoms with Gasteiger partial charge in [-0.05, 0) is 38.0 Å². The number of nitrogens with one attached hydrogen (secondary N) is 1. The number of benzene rings is 1. The molecule has 1 aromatic heterocycles. The second-order valence-corrected chi connectivity index (χ2v) is 2.87. The van der Waals surface area contributed by atoms with Crippen molar-refractivity contribution in [2.24, 2.45) is 0 Å². The number of aromatic hydroxyl groups is 1. The Morgan fingerprint density at radius 2 is 2.47 bits per heavy atom. The van der Waals surface area contributed by atoms with Crippen molar-refractivity contribution < 1.29 is 21.6 Å². The number of aromatic amines is 1. The van der Waals surface area contributed by atoms with Crippen LogP contribution in [0.15, 0.2) is 24.3 Å². The van der Waals surface area contributed by atoms with E-state index in [9.17, 15) is 5.11 Å². The van der Waals surface area contributed by atoms with E-state index in [1.807, 2.05) is 0 Å². The van der Waals surface area contributed by atoms with Crippen molar-refractivity contribution in [2.75, 3.05) is 20.4 Å². The van der Waals surface area contributed by atoms with Gasteiger partial charge in [-0.3, -0.25) is 0 Å². The molecule has 15 heavy (non-hydrogen) atoms. The molecule has 0 aliphatic carbocycles. The van der Waals surface area contributed by atoms with Crippen LogP contribution < -0.4 is 0 Å². The fourth-order valence-corrected chi connectivity index (χ4v) is 1.28. The molecule has 3 nitrogen and oxygen atoms in total. The highest BCUT2D eigenvalue weighted by molar-refractivity contribution is 5.88. The van der Waals surface area contributed by atoms with Gasteiger partial charge in [0.2, 0.25) is 0 Å². The van der Waals surface area contributed by atoms with E-state index in [2.05, 4.69) is 4.98 Å². The Hall–Kier alpha value is -1.48. The van der Waals surface area contributed by atoms with E-state index < -0.39 is 56.9 Å². The molecule has 0 aliphatic heterocycles. The summed E-state index contributed by atoms with van der Waals surface area (Å²) >= 11 is 0. The van der Waals surface area contributed by atoms with E-state index in [0.717, 1.165) is 0 Å². The average molecular weight is 216 g/mol. The van der Waals surface area contributed by atoms with Crippen molar-refractivity contribution in [3.8, 4) is 5.75 Å².